The minimum atomic E-state index is 0.758. The summed E-state index contributed by atoms with van der Waals surface area (Å²) in [7, 11) is 0. The Bertz CT molecular complexity index is 4080. The van der Waals surface area contributed by atoms with E-state index in [9.17, 15) is 0 Å². The molecule has 0 saturated heterocycles. The molecule has 0 unspecified atom stereocenters. The van der Waals surface area contributed by atoms with Gasteiger partial charge in [-0.3, -0.25) is 0 Å². The molecule has 476 valence electrons. The third-order valence-corrected chi connectivity index (χ3v) is 14.7. The Hall–Kier alpha value is -11.5. The molecule has 0 N–H and O–H groups in total. The van der Waals surface area contributed by atoms with Gasteiger partial charge in [-0.2, -0.15) is 0 Å². The molecule has 0 saturated carbocycles. The van der Waals surface area contributed by atoms with Gasteiger partial charge in [-0.25, -0.2) is 0 Å². The van der Waals surface area contributed by atoms with Crippen LogP contribution in [-0.4, -0.2) is 0 Å². The zero-order chi connectivity index (χ0) is 66.7. The number of aryl methyl sites for hydroxylation is 10. The van der Waals surface area contributed by atoms with E-state index in [2.05, 4.69) is 118 Å². The maximum Gasteiger partial charge on any atom is 0.131 e. The van der Waals surface area contributed by atoms with E-state index in [4.69, 9.17) is 33.2 Å². The molecule has 0 atom stereocenters. The van der Waals surface area contributed by atoms with Gasteiger partial charge in [0.1, 0.15) is 80.5 Å². The average molecular weight is 1250 g/mol. The van der Waals surface area contributed by atoms with E-state index >= 15 is 0 Å². The number of ether oxygens (including phenoxy) is 7. The summed E-state index contributed by atoms with van der Waals surface area (Å²) in [5, 5.41) is 0. The lowest BCUT2D eigenvalue weighted by Gasteiger charge is -2.09. The highest BCUT2D eigenvalue weighted by Gasteiger charge is 2.06. The Labute approximate surface area is 562 Å². The molecule has 13 aromatic rings. The highest BCUT2D eigenvalue weighted by atomic mass is 16.5. The standard InChI is InChI=1S/C26H22O2.2C20H18O2.C14H14O.C8H10/c1-19-3-11-23(12-4-19)27-25-15-7-21(8-16-25)22-9-17-26(18-10-22)28-24-13-5-20(2)6-14-24;1-15-3-7-17(8-4-15)21-19-11-13-20(14-12-19)22-18-9-5-16(2)6-10-18;1-15-6-10-17(11-7-15)21-19-4-3-5-20(14-19)22-18-12-8-16(2)9-13-18;1-11-3-7-13(8-4-11)15-14-9-5-12(2)6-10-14;1-7-3-5-8(2)6-4-7/h3-18H,1-2H3;2*3-14H,1-2H3;3-10H,1-2H3;3-6H,1-2H3. The molecule has 0 aliphatic heterocycles. The lowest BCUT2D eigenvalue weighted by Crippen LogP contribution is -1.87. The lowest BCUT2D eigenvalue weighted by atomic mass is 10.1. The van der Waals surface area contributed by atoms with Gasteiger partial charge < -0.3 is 33.2 Å². The van der Waals surface area contributed by atoms with Gasteiger partial charge >= 0.3 is 0 Å². The zero-order valence-corrected chi connectivity index (χ0v) is 55.9. The fourth-order valence-corrected chi connectivity index (χ4v) is 9.05. The first kappa shape index (κ1) is 67.8. The fraction of sp³-hybridized carbons (Fsp3) is 0.114. The van der Waals surface area contributed by atoms with Crippen LogP contribution in [0, 0.1) is 69.2 Å². The predicted octanol–water partition coefficient (Wildman–Crippen LogP) is 25.7. The van der Waals surface area contributed by atoms with Crippen molar-refractivity contribution >= 4 is 0 Å². The monoisotopic (exact) mass is 1250 g/mol. The molecule has 0 amide bonds. The Balaban J connectivity index is 0.000000145. The van der Waals surface area contributed by atoms with Crippen LogP contribution in [0.4, 0.5) is 0 Å². The molecule has 95 heavy (non-hydrogen) atoms. The van der Waals surface area contributed by atoms with Crippen molar-refractivity contribution in [2.75, 3.05) is 0 Å². The van der Waals surface area contributed by atoms with Crippen molar-refractivity contribution < 1.29 is 33.2 Å². The molecule has 0 heterocycles. The molecule has 0 radical (unpaired) electrons. The number of hydrogen-bond acceptors (Lipinski definition) is 7. The fourth-order valence-electron chi connectivity index (χ4n) is 9.05. The van der Waals surface area contributed by atoms with Gasteiger partial charge in [0.2, 0.25) is 0 Å². The topological polar surface area (TPSA) is 64.6 Å². The maximum absolute atomic E-state index is 5.90. The first-order valence-corrected chi connectivity index (χ1v) is 31.8. The second-order valence-electron chi connectivity index (χ2n) is 23.4. The van der Waals surface area contributed by atoms with Gasteiger partial charge in [-0.15, -0.1) is 0 Å². The van der Waals surface area contributed by atoms with Crippen molar-refractivity contribution in [1.29, 1.82) is 0 Å². The van der Waals surface area contributed by atoms with Gasteiger partial charge in [-0.1, -0.05) is 207 Å². The first-order chi connectivity index (χ1) is 46.1. The van der Waals surface area contributed by atoms with E-state index in [-0.39, 0.29) is 0 Å². The van der Waals surface area contributed by atoms with Crippen LogP contribution in [0.5, 0.6) is 80.5 Å². The molecule has 13 aromatic carbocycles. The molecule has 0 fully saturated rings. The van der Waals surface area contributed by atoms with Crippen LogP contribution in [0.25, 0.3) is 11.1 Å². The summed E-state index contributed by atoms with van der Waals surface area (Å²) >= 11 is 0. The van der Waals surface area contributed by atoms with Crippen LogP contribution < -0.4 is 33.2 Å². The largest absolute Gasteiger partial charge is 0.457 e. The average Bonchev–Trinajstić information content (AvgIpc) is 1.22. The summed E-state index contributed by atoms with van der Waals surface area (Å²) in [5.74, 6) is 11.5. The van der Waals surface area contributed by atoms with Crippen LogP contribution in [0.15, 0.2) is 315 Å². The molecular weight excluding hydrogens is 1170 g/mol. The van der Waals surface area contributed by atoms with E-state index in [0.29, 0.717) is 0 Å². The summed E-state index contributed by atoms with van der Waals surface area (Å²) in [6.07, 6.45) is 0. The van der Waals surface area contributed by atoms with Crippen LogP contribution in [0.1, 0.15) is 55.6 Å². The highest BCUT2D eigenvalue weighted by Crippen LogP contribution is 2.32. The van der Waals surface area contributed by atoms with Gasteiger partial charge in [-0.05, 0) is 238 Å². The van der Waals surface area contributed by atoms with Crippen LogP contribution in [0.2, 0.25) is 0 Å². The Kier molecular flexibility index (Phi) is 24.8. The third kappa shape index (κ3) is 23.6. The van der Waals surface area contributed by atoms with Gasteiger partial charge in [0.25, 0.3) is 0 Å². The molecular formula is C88H82O7. The van der Waals surface area contributed by atoms with Gasteiger partial charge in [0.05, 0.1) is 0 Å². The van der Waals surface area contributed by atoms with Crippen molar-refractivity contribution in [1.82, 2.24) is 0 Å². The van der Waals surface area contributed by atoms with Crippen molar-refractivity contribution in [3.63, 3.8) is 0 Å². The zero-order valence-electron chi connectivity index (χ0n) is 55.9. The van der Waals surface area contributed by atoms with E-state index in [0.717, 1.165) is 91.6 Å². The van der Waals surface area contributed by atoms with Crippen LogP contribution in [-0.2, 0) is 0 Å². The molecule has 13 rings (SSSR count). The smallest absolute Gasteiger partial charge is 0.131 e. The summed E-state index contributed by atoms with van der Waals surface area (Å²) in [4.78, 5) is 0. The molecule has 0 aliphatic rings. The Morgan fingerprint density at radius 1 is 0.126 bits per heavy atom. The van der Waals surface area contributed by atoms with Crippen LogP contribution >= 0.6 is 0 Å². The predicted molar refractivity (Wildman–Crippen MR) is 391 cm³/mol. The summed E-state index contributed by atoms with van der Waals surface area (Å²) < 4.78 is 40.8. The second-order valence-corrected chi connectivity index (χ2v) is 23.4. The quantitative estimate of drug-likeness (QED) is 0.101. The molecule has 0 spiro atoms. The normalized spacial score (nSPS) is 10.2. The minimum absolute atomic E-state index is 0.758. The summed E-state index contributed by atoms with van der Waals surface area (Å²) in [5.41, 5.74) is 14.7. The van der Waals surface area contributed by atoms with Crippen molar-refractivity contribution in [2.45, 2.75) is 69.2 Å². The minimum Gasteiger partial charge on any atom is -0.457 e. The number of benzene rings is 13. The molecule has 0 bridgehead atoms. The van der Waals surface area contributed by atoms with E-state index in [1.54, 1.807) is 0 Å². The SMILES string of the molecule is Cc1ccc(C)cc1.Cc1ccc(Oc2ccc(-c3ccc(Oc4ccc(C)cc4)cc3)cc2)cc1.Cc1ccc(Oc2ccc(C)cc2)cc1.Cc1ccc(Oc2ccc(Oc3ccc(C)cc3)cc2)cc1.Cc1ccc(Oc2cccc(Oc3ccc(C)cc3)c2)cc1. The second kappa shape index (κ2) is 34.8. The Morgan fingerprint density at radius 3 is 0.400 bits per heavy atom. The molecule has 7 nitrogen and oxygen atoms in total. The van der Waals surface area contributed by atoms with Crippen molar-refractivity contribution in [3.05, 3.63) is 371 Å². The third-order valence-electron chi connectivity index (χ3n) is 14.7. The maximum atomic E-state index is 5.90. The molecule has 7 heteroatoms. The number of hydrogen-bond donors (Lipinski definition) is 0. The molecule has 0 aliphatic carbocycles. The van der Waals surface area contributed by atoms with Gasteiger partial charge in [0, 0.05) is 6.07 Å². The van der Waals surface area contributed by atoms with E-state index in [1.807, 2.05) is 267 Å². The summed E-state index contributed by atoms with van der Waals surface area (Å²) in [6, 6.07) is 104. The van der Waals surface area contributed by atoms with Crippen molar-refractivity contribution in [3.8, 4) is 91.6 Å². The van der Waals surface area contributed by atoms with Crippen LogP contribution in [0.3, 0.4) is 0 Å². The van der Waals surface area contributed by atoms with E-state index < -0.39 is 0 Å². The van der Waals surface area contributed by atoms with Gasteiger partial charge in [0.15, 0.2) is 0 Å². The highest BCUT2D eigenvalue weighted by molar-refractivity contribution is 5.65. The lowest BCUT2D eigenvalue weighted by molar-refractivity contribution is 0.460. The first-order valence-electron chi connectivity index (χ1n) is 31.8. The number of rotatable bonds is 15. The molecule has 0 aromatic heterocycles. The van der Waals surface area contributed by atoms with E-state index in [1.165, 1.54) is 55.6 Å². The Morgan fingerprint density at radius 2 is 0.242 bits per heavy atom. The summed E-state index contributed by atoms with van der Waals surface area (Å²) in [6.45, 7) is 20.7. The van der Waals surface area contributed by atoms with Crippen molar-refractivity contribution in [2.24, 2.45) is 0 Å².